The summed E-state index contributed by atoms with van der Waals surface area (Å²) in [7, 11) is -2.95. The maximum absolute atomic E-state index is 14.6. The molecule has 1 aliphatic heterocycles. The number of imidazole rings is 1. The van der Waals surface area contributed by atoms with Gasteiger partial charge in [0.2, 0.25) is 7.29 Å². The van der Waals surface area contributed by atoms with Gasteiger partial charge in [0.05, 0.1) is 10.9 Å². The summed E-state index contributed by atoms with van der Waals surface area (Å²) in [4.78, 5) is 4.77. The maximum atomic E-state index is 14.6. The van der Waals surface area contributed by atoms with Crippen LogP contribution in [-0.2, 0) is 9.72 Å². The predicted octanol–water partition coefficient (Wildman–Crippen LogP) is 4.87. The Morgan fingerprint density at radius 1 is 0.958 bits per heavy atom. The number of rotatable bonds is 1. The topological polar surface area (TPSA) is 34.9 Å². The van der Waals surface area contributed by atoms with Crippen molar-refractivity contribution in [2.24, 2.45) is 0 Å². The summed E-state index contributed by atoms with van der Waals surface area (Å²) in [5.74, 6) is 0.826. The van der Waals surface area contributed by atoms with Gasteiger partial charge in [-0.3, -0.25) is 8.90 Å². The van der Waals surface area contributed by atoms with E-state index in [0.29, 0.717) is 0 Å². The molecule has 0 bridgehead atoms. The lowest BCUT2D eigenvalue weighted by Gasteiger charge is -2.42. The summed E-state index contributed by atoms with van der Waals surface area (Å²) in [6, 6.07) is 18.1. The number of hydrogen-bond acceptors (Lipinski definition) is 2. The van der Waals surface area contributed by atoms with Gasteiger partial charge in [0.1, 0.15) is 5.82 Å². The molecule has 1 atom stereocenters. The molecule has 0 amide bonds. The Balaban J connectivity index is 2.19. The monoisotopic (exact) mass is 336 g/mol. The van der Waals surface area contributed by atoms with Crippen LogP contribution in [0.15, 0.2) is 54.6 Å². The molecule has 4 heteroatoms. The Hall–Kier alpha value is -2.12. The average Bonchev–Trinajstić information content (AvgIpc) is 2.90. The first-order chi connectivity index (χ1) is 11.4. The van der Waals surface area contributed by atoms with Crippen LogP contribution in [0.2, 0.25) is 0 Å². The Morgan fingerprint density at radius 2 is 1.58 bits per heavy atom. The fourth-order valence-electron chi connectivity index (χ4n) is 3.81. The van der Waals surface area contributed by atoms with Crippen LogP contribution in [-0.4, -0.2) is 9.32 Å². The van der Waals surface area contributed by atoms with Crippen LogP contribution in [0.4, 0.5) is 0 Å². The van der Waals surface area contributed by atoms with Crippen LogP contribution >= 0.6 is 7.29 Å². The lowest BCUT2D eigenvalue weighted by molar-refractivity contribution is 0.541. The van der Waals surface area contributed by atoms with Gasteiger partial charge >= 0.3 is 0 Å². The van der Waals surface area contributed by atoms with Gasteiger partial charge in [-0.25, -0.2) is 4.98 Å². The van der Waals surface area contributed by atoms with Gasteiger partial charge in [-0.1, -0.05) is 42.5 Å². The van der Waals surface area contributed by atoms with E-state index in [1.807, 2.05) is 60.6 Å². The molecular formula is C20H21N2OP. The molecule has 0 saturated heterocycles. The zero-order valence-corrected chi connectivity index (χ0v) is 15.3. The smallest absolute Gasteiger partial charge is 0.215 e. The minimum Gasteiger partial charge on any atom is -0.294 e. The third-order valence-electron chi connectivity index (χ3n) is 5.29. The second-order valence-corrected chi connectivity index (χ2v) is 10.1. The molecule has 0 aliphatic carbocycles. The lowest BCUT2D eigenvalue weighted by Crippen LogP contribution is -2.33. The molecule has 3 aromatic rings. The number of benzene rings is 2. The fraction of sp³-hybridized carbons (Fsp3) is 0.250. The highest BCUT2D eigenvalue weighted by Crippen LogP contribution is 2.68. The van der Waals surface area contributed by atoms with E-state index in [9.17, 15) is 4.57 Å². The van der Waals surface area contributed by atoms with Gasteiger partial charge in [0.25, 0.3) is 0 Å². The Labute approximate surface area is 142 Å². The lowest BCUT2D eigenvalue weighted by atomic mass is 9.95. The molecule has 2 aromatic carbocycles. The van der Waals surface area contributed by atoms with Gasteiger partial charge < -0.3 is 0 Å². The van der Waals surface area contributed by atoms with Crippen LogP contribution in [0.5, 0.6) is 0 Å². The molecule has 2 heterocycles. The summed E-state index contributed by atoms with van der Waals surface area (Å²) >= 11 is 0. The number of hydrogen-bond donors (Lipinski definition) is 0. The van der Waals surface area contributed by atoms with Crippen molar-refractivity contribution in [2.45, 2.75) is 32.9 Å². The molecule has 0 fully saturated rings. The number of aromatic nitrogens is 2. The highest BCUT2D eigenvalue weighted by molar-refractivity contribution is 7.71. The summed E-state index contributed by atoms with van der Waals surface area (Å²) < 4.78 is 16.6. The van der Waals surface area contributed by atoms with E-state index in [-0.39, 0.29) is 0 Å². The first kappa shape index (κ1) is 15.4. The largest absolute Gasteiger partial charge is 0.294 e. The van der Waals surface area contributed by atoms with Gasteiger partial charge in [-0.2, -0.15) is 0 Å². The fourth-order valence-corrected chi connectivity index (χ4v) is 7.27. The SMILES string of the molecule is Cc1nc2n(c1C)P(=O)(c1ccccc1)C(C)(C)c1ccccc1-2. The third-order valence-corrected chi connectivity index (χ3v) is 9.10. The molecule has 0 saturated carbocycles. The maximum Gasteiger partial charge on any atom is 0.215 e. The van der Waals surface area contributed by atoms with Crippen molar-refractivity contribution in [1.82, 2.24) is 9.32 Å². The Morgan fingerprint density at radius 3 is 2.29 bits per heavy atom. The van der Waals surface area contributed by atoms with Crippen molar-refractivity contribution in [3.63, 3.8) is 0 Å². The van der Waals surface area contributed by atoms with Gasteiger partial charge in [0, 0.05) is 16.6 Å². The van der Waals surface area contributed by atoms with Crippen molar-refractivity contribution in [2.75, 3.05) is 0 Å². The molecule has 1 unspecified atom stereocenters. The van der Waals surface area contributed by atoms with Crippen LogP contribution in [0.3, 0.4) is 0 Å². The summed E-state index contributed by atoms with van der Waals surface area (Å²) in [5, 5.41) is 0.377. The summed E-state index contributed by atoms with van der Waals surface area (Å²) in [6.07, 6.45) is 0. The quantitative estimate of drug-likeness (QED) is 0.594. The molecule has 122 valence electrons. The van der Waals surface area contributed by atoms with Crippen molar-refractivity contribution in [3.8, 4) is 11.4 Å². The molecule has 0 N–H and O–H groups in total. The molecule has 24 heavy (non-hydrogen) atoms. The molecule has 0 spiro atoms. The number of fused-ring (bicyclic) bond motifs is 3. The standard InChI is InChI=1S/C20H21N2OP/c1-14-15(2)22-19(21-14)17-12-8-9-13-18(17)20(3,4)24(22,23)16-10-6-5-7-11-16/h5-13H,1-4H3. The van der Waals surface area contributed by atoms with Crippen molar-refractivity contribution < 1.29 is 4.57 Å². The number of aryl methyl sites for hydroxylation is 1. The van der Waals surface area contributed by atoms with Crippen LogP contribution < -0.4 is 5.30 Å². The van der Waals surface area contributed by atoms with E-state index < -0.39 is 12.4 Å². The molecule has 3 nitrogen and oxygen atoms in total. The van der Waals surface area contributed by atoms with Crippen LogP contribution in [0, 0.1) is 13.8 Å². The van der Waals surface area contributed by atoms with E-state index >= 15 is 0 Å². The van der Waals surface area contributed by atoms with Crippen molar-refractivity contribution in [3.05, 3.63) is 71.5 Å². The zero-order valence-electron chi connectivity index (χ0n) is 14.4. The van der Waals surface area contributed by atoms with Crippen molar-refractivity contribution in [1.29, 1.82) is 0 Å². The zero-order chi connectivity index (χ0) is 17.1. The molecular weight excluding hydrogens is 315 g/mol. The minimum atomic E-state index is -2.95. The van der Waals surface area contributed by atoms with Crippen molar-refractivity contribution >= 4 is 12.6 Å². The second kappa shape index (κ2) is 4.94. The molecule has 1 aliphatic rings. The van der Waals surface area contributed by atoms with E-state index in [1.165, 1.54) is 0 Å². The molecule has 1 aromatic heterocycles. The predicted molar refractivity (Wildman–Crippen MR) is 99.2 cm³/mol. The molecule has 0 radical (unpaired) electrons. The highest BCUT2D eigenvalue weighted by Gasteiger charge is 2.51. The van der Waals surface area contributed by atoms with Crippen LogP contribution in [0.1, 0.15) is 30.8 Å². The first-order valence-electron chi connectivity index (χ1n) is 8.21. The van der Waals surface area contributed by atoms with E-state index in [1.54, 1.807) is 0 Å². The van der Waals surface area contributed by atoms with Gasteiger partial charge in [-0.05, 0) is 45.4 Å². The Kier molecular flexibility index (Phi) is 3.17. The van der Waals surface area contributed by atoms with Gasteiger partial charge in [0.15, 0.2) is 0 Å². The normalized spacial score (nSPS) is 21.2. The second-order valence-electron chi connectivity index (χ2n) is 6.93. The molecule has 4 rings (SSSR count). The highest BCUT2D eigenvalue weighted by atomic mass is 31.2. The first-order valence-corrected chi connectivity index (χ1v) is 9.87. The van der Waals surface area contributed by atoms with Crippen LogP contribution in [0.25, 0.3) is 11.4 Å². The summed E-state index contributed by atoms with van der Waals surface area (Å²) in [6.45, 7) is 8.20. The third kappa shape index (κ3) is 1.74. The van der Waals surface area contributed by atoms with E-state index in [2.05, 4.69) is 26.0 Å². The summed E-state index contributed by atoms with van der Waals surface area (Å²) in [5.41, 5.74) is 4.12. The minimum absolute atomic E-state index is 0.504. The van der Waals surface area contributed by atoms with E-state index in [4.69, 9.17) is 4.98 Å². The van der Waals surface area contributed by atoms with Gasteiger partial charge in [-0.15, -0.1) is 0 Å². The Bertz CT molecular complexity index is 986. The average molecular weight is 336 g/mol. The van der Waals surface area contributed by atoms with E-state index in [0.717, 1.165) is 33.6 Å². The number of nitrogens with zero attached hydrogens (tertiary/aromatic N) is 2.